The van der Waals surface area contributed by atoms with E-state index in [1.807, 2.05) is 0 Å². The van der Waals surface area contributed by atoms with Crippen molar-refractivity contribution in [2.24, 2.45) is 5.73 Å². The fourth-order valence-electron chi connectivity index (χ4n) is 5.57. The first-order valence-corrected chi connectivity index (χ1v) is 13.7. The van der Waals surface area contributed by atoms with E-state index < -0.39 is 39.9 Å². The van der Waals surface area contributed by atoms with Crippen LogP contribution in [0.3, 0.4) is 0 Å². The number of aromatic nitrogens is 2. The Morgan fingerprint density at radius 2 is 2.00 bits per heavy atom. The molecule has 1 aromatic carbocycles. The molecule has 0 bridgehead atoms. The van der Waals surface area contributed by atoms with Crippen LogP contribution in [-0.2, 0) is 27.9 Å². The van der Waals surface area contributed by atoms with Crippen LogP contribution in [0.15, 0.2) is 24.4 Å². The highest BCUT2D eigenvalue weighted by molar-refractivity contribution is 7.89. The Balaban J connectivity index is 1.38. The van der Waals surface area contributed by atoms with Crippen LogP contribution in [-0.4, -0.2) is 88.9 Å². The molecule has 1 unspecified atom stereocenters. The zero-order valence-electron chi connectivity index (χ0n) is 19.9. The molecule has 5 rings (SSSR count). The number of alkyl halides is 1. The minimum atomic E-state index is -3.49. The van der Waals surface area contributed by atoms with Crippen molar-refractivity contribution in [3.63, 3.8) is 0 Å². The van der Waals surface area contributed by atoms with Crippen molar-refractivity contribution >= 4 is 15.9 Å². The predicted molar refractivity (Wildman–Crippen MR) is 125 cm³/mol. The zero-order chi connectivity index (χ0) is 25.8. The molecule has 196 valence electrons. The van der Waals surface area contributed by atoms with Gasteiger partial charge in [0.05, 0.1) is 31.1 Å². The average molecular weight is 527 g/mol. The highest BCUT2D eigenvalue weighted by atomic mass is 32.2. The van der Waals surface area contributed by atoms with E-state index in [2.05, 4.69) is 10.00 Å². The lowest BCUT2D eigenvalue weighted by Crippen LogP contribution is -2.57. The molecule has 0 radical (unpaired) electrons. The van der Waals surface area contributed by atoms with Crippen molar-refractivity contribution in [1.82, 2.24) is 23.9 Å². The van der Waals surface area contributed by atoms with E-state index in [0.717, 1.165) is 34.1 Å². The summed E-state index contributed by atoms with van der Waals surface area (Å²) in [5.41, 5.74) is 8.09. The Hall–Kier alpha value is -2.48. The van der Waals surface area contributed by atoms with Gasteiger partial charge in [0.1, 0.15) is 17.8 Å². The molecule has 0 spiro atoms. The quantitative estimate of drug-likeness (QED) is 0.620. The number of carbonyl (C=O) groups is 1. The molecule has 3 aliphatic rings. The van der Waals surface area contributed by atoms with Crippen LogP contribution in [0.2, 0.25) is 0 Å². The van der Waals surface area contributed by atoms with Crippen LogP contribution >= 0.6 is 0 Å². The number of halogens is 3. The molecule has 1 aromatic heterocycles. The third-order valence-corrected chi connectivity index (χ3v) is 8.19. The molecule has 4 atom stereocenters. The summed E-state index contributed by atoms with van der Waals surface area (Å²) >= 11 is 0. The van der Waals surface area contributed by atoms with Crippen LogP contribution in [0.5, 0.6) is 0 Å². The second-order valence-corrected chi connectivity index (χ2v) is 11.8. The minimum absolute atomic E-state index is 0.0259. The van der Waals surface area contributed by atoms with Crippen molar-refractivity contribution in [2.75, 3.05) is 32.4 Å². The highest BCUT2D eigenvalue weighted by Gasteiger charge is 2.42. The van der Waals surface area contributed by atoms with E-state index in [1.54, 1.807) is 4.90 Å². The van der Waals surface area contributed by atoms with Crippen LogP contribution in [0.25, 0.3) is 0 Å². The van der Waals surface area contributed by atoms with Crippen molar-refractivity contribution in [3.05, 3.63) is 52.9 Å². The lowest BCUT2D eigenvalue weighted by atomic mass is 9.87. The van der Waals surface area contributed by atoms with E-state index in [1.165, 1.54) is 11.1 Å². The molecule has 1 amide bonds. The molecule has 9 nitrogen and oxygen atoms in total. The van der Waals surface area contributed by atoms with E-state index in [-0.39, 0.29) is 37.0 Å². The van der Waals surface area contributed by atoms with E-state index in [0.29, 0.717) is 38.3 Å². The van der Waals surface area contributed by atoms with Gasteiger partial charge in [0.2, 0.25) is 5.91 Å². The lowest BCUT2D eigenvalue weighted by Gasteiger charge is -2.46. The molecule has 13 heteroatoms. The number of fused-ring (bicyclic) bond motifs is 1. The van der Waals surface area contributed by atoms with Gasteiger partial charge in [0, 0.05) is 55.6 Å². The zero-order valence-corrected chi connectivity index (χ0v) is 20.7. The first-order valence-electron chi connectivity index (χ1n) is 11.9. The van der Waals surface area contributed by atoms with Gasteiger partial charge < -0.3 is 10.6 Å². The fourth-order valence-corrected chi connectivity index (χ4v) is 6.13. The SMILES string of the molecule is CS(=O)(=O)n1cc2c(n1)CN([C@@H]1C[C@H](N)C(c3cc(F)ccc3F)N(CC(=O)N3CC[C@@H](F)C3)C1)C2. The molecule has 2 aromatic rings. The van der Waals surface area contributed by atoms with E-state index >= 15 is 0 Å². The van der Waals surface area contributed by atoms with Crippen molar-refractivity contribution in [2.45, 2.75) is 50.2 Å². The number of benzene rings is 1. The van der Waals surface area contributed by atoms with Gasteiger partial charge in [-0.25, -0.2) is 21.6 Å². The molecule has 4 heterocycles. The van der Waals surface area contributed by atoms with Gasteiger partial charge >= 0.3 is 0 Å². The molecule has 0 aliphatic carbocycles. The summed E-state index contributed by atoms with van der Waals surface area (Å²) in [6, 6.07) is 1.73. The molecule has 2 fully saturated rings. The molecule has 0 saturated carbocycles. The number of hydrogen-bond acceptors (Lipinski definition) is 7. The Morgan fingerprint density at radius 1 is 1.22 bits per heavy atom. The Morgan fingerprint density at radius 3 is 2.67 bits per heavy atom. The number of piperidine rings is 1. The van der Waals surface area contributed by atoms with Gasteiger partial charge in [-0.05, 0) is 31.0 Å². The number of nitrogens with two attached hydrogens (primary N) is 1. The standard InChI is InChI=1S/C23H29F3N6O3S/c1-36(34,35)32-9-14-8-30(12-21(14)28-32)17-7-20(27)23(18-6-15(24)2-3-19(18)26)31(11-17)13-22(33)29-5-4-16(25)10-29/h2-3,6,9,16-17,20,23H,4-5,7-8,10-13,27H2,1H3/t16-,17-,20+,23?/m1/s1. The number of amides is 1. The topological polar surface area (TPSA) is 105 Å². The number of nitrogens with zero attached hydrogens (tertiary/aromatic N) is 5. The van der Waals surface area contributed by atoms with Crippen LogP contribution < -0.4 is 5.73 Å². The lowest BCUT2D eigenvalue weighted by molar-refractivity contribution is -0.133. The van der Waals surface area contributed by atoms with Crippen LogP contribution in [0, 0.1) is 11.6 Å². The predicted octanol–water partition coefficient (Wildman–Crippen LogP) is 0.998. The van der Waals surface area contributed by atoms with Gasteiger partial charge in [0.15, 0.2) is 0 Å². The van der Waals surface area contributed by atoms with Gasteiger partial charge in [-0.2, -0.15) is 9.19 Å². The van der Waals surface area contributed by atoms with Crippen LogP contribution in [0.4, 0.5) is 13.2 Å². The summed E-state index contributed by atoms with van der Waals surface area (Å²) < 4.78 is 67.1. The number of likely N-dealkylation sites (tertiary alicyclic amines) is 2. The normalized spacial score (nSPS) is 27.5. The first kappa shape index (κ1) is 25.2. The first-order chi connectivity index (χ1) is 17.0. The van der Waals surface area contributed by atoms with Crippen molar-refractivity contribution in [3.8, 4) is 0 Å². The maximum absolute atomic E-state index is 14.8. The summed E-state index contributed by atoms with van der Waals surface area (Å²) in [5.74, 6) is -1.48. The van der Waals surface area contributed by atoms with E-state index in [9.17, 15) is 26.4 Å². The fraction of sp³-hybridized carbons (Fsp3) is 0.565. The third kappa shape index (κ3) is 4.89. The molecule has 2 N–H and O–H groups in total. The summed E-state index contributed by atoms with van der Waals surface area (Å²) in [4.78, 5) is 18.3. The second-order valence-electron chi connectivity index (χ2n) is 9.96. The van der Waals surface area contributed by atoms with E-state index in [4.69, 9.17) is 5.73 Å². The molecule has 2 saturated heterocycles. The minimum Gasteiger partial charge on any atom is -0.339 e. The summed E-state index contributed by atoms with van der Waals surface area (Å²) in [6.45, 7) is 1.46. The van der Waals surface area contributed by atoms with Crippen LogP contribution in [0.1, 0.15) is 35.7 Å². The summed E-state index contributed by atoms with van der Waals surface area (Å²) in [5, 5.41) is 4.19. The molecular formula is C23H29F3N6O3S. The van der Waals surface area contributed by atoms with Gasteiger partial charge in [-0.15, -0.1) is 0 Å². The second kappa shape index (κ2) is 9.43. The van der Waals surface area contributed by atoms with Gasteiger partial charge in [-0.1, -0.05) is 0 Å². The van der Waals surface area contributed by atoms with Gasteiger partial charge in [-0.3, -0.25) is 14.6 Å². The smallest absolute Gasteiger partial charge is 0.250 e. The number of rotatable bonds is 5. The highest BCUT2D eigenvalue weighted by Crippen LogP contribution is 2.36. The largest absolute Gasteiger partial charge is 0.339 e. The maximum Gasteiger partial charge on any atom is 0.250 e. The van der Waals surface area contributed by atoms with Crippen molar-refractivity contribution < 1.29 is 26.4 Å². The third-order valence-electron chi connectivity index (χ3n) is 7.33. The molecule has 36 heavy (non-hydrogen) atoms. The van der Waals surface area contributed by atoms with Gasteiger partial charge in [0.25, 0.3) is 10.0 Å². The molecule has 3 aliphatic heterocycles. The summed E-state index contributed by atoms with van der Waals surface area (Å²) in [6.07, 6.45) is 2.26. The Kier molecular flexibility index (Phi) is 6.60. The maximum atomic E-state index is 14.8. The molecular weight excluding hydrogens is 497 g/mol. The Labute approximate surface area is 207 Å². The number of hydrogen-bond donors (Lipinski definition) is 1. The summed E-state index contributed by atoms with van der Waals surface area (Å²) in [7, 11) is -3.49. The average Bonchev–Trinajstić information content (AvgIpc) is 3.50. The van der Waals surface area contributed by atoms with Crippen molar-refractivity contribution in [1.29, 1.82) is 0 Å². The Bertz CT molecular complexity index is 1250. The monoisotopic (exact) mass is 526 g/mol. The number of carbonyl (C=O) groups excluding carboxylic acids is 1.